The second-order valence-electron chi connectivity index (χ2n) is 6.99. The minimum atomic E-state index is -0.105. The lowest BCUT2D eigenvalue weighted by Gasteiger charge is -2.34. The van der Waals surface area contributed by atoms with Gasteiger partial charge in [-0.25, -0.2) is 4.98 Å². The third-order valence-electron chi connectivity index (χ3n) is 5.17. The molecule has 27 heavy (non-hydrogen) atoms. The number of carbonyl (C=O) groups is 2. The molecular formula is C20H23N3O3S. The van der Waals surface area contributed by atoms with E-state index in [1.165, 1.54) is 22.6 Å². The number of carbonyl (C=O) groups excluding carboxylic acids is 2. The number of piperazine rings is 1. The van der Waals surface area contributed by atoms with Gasteiger partial charge in [0.25, 0.3) is 5.91 Å². The van der Waals surface area contributed by atoms with Crippen LogP contribution in [-0.4, -0.2) is 53.3 Å². The fraction of sp³-hybridized carbons (Fsp3) is 0.450. The summed E-state index contributed by atoms with van der Waals surface area (Å²) in [6.45, 7) is 1.77. The fourth-order valence-corrected chi connectivity index (χ4v) is 4.70. The Balaban J connectivity index is 1.38. The number of hydrogen-bond acceptors (Lipinski definition) is 5. The van der Waals surface area contributed by atoms with Gasteiger partial charge in [0.05, 0.1) is 12.8 Å². The molecular weight excluding hydrogens is 362 g/mol. The zero-order chi connectivity index (χ0) is 18.8. The molecule has 6 nitrogen and oxygen atoms in total. The van der Waals surface area contributed by atoms with Crippen LogP contribution in [0.1, 0.15) is 38.8 Å². The number of thiazole rings is 1. The molecule has 1 aliphatic heterocycles. The molecule has 1 aromatic carbocycles. The van der Waals surface area contributed by atoms with Gasteiger partial charge in [0.1, 0.15) is 12.3 Å². The molecule has 2 amide bonds. The average Bonchev–Trinajstić information content (AvgIpc) is 3.14. The zero-order valence-corrected chi connectivity index (χ0v) is 16.3. The zero-order valence-electron chi connectivity index (χ0n) is 15.4. The van der Waals surface area contributed by atoms with Crippen LogP contribution in [0.3, 0.4) is 0 Å². The van der Waals surface area contributed by atoms with Gasteiger partial charge in [-0.15, -0.1) is 11.3 Å². The van der Waals surface area contributed by atoms with Crippen LogP contribution < -0.4 is 4.74 Å². The Hall–Kier alpha value is -2.41. The summed E-state index contributed by atoms with van der Waals surface area (Å²) in [6, 6.07) is 7.71. The van der Waals surface area contributed by atoms with E-state index in [4.69, 9.17) is 4.74 Å². The summed E-state index contributed by atoms with van der Waals surface area (Å²) < 4.78 is 5.16. The first-order chi connectivity index (χ1) is 13.1. The van der Waals surface area contributed by atoms with E-state index in [1.807, 2.05) is 24.3 Å². The number of ether oxygens (including phenoxy) is 1. The van der Waals surface area contributed by atoms with Crippen LogP contribution >= 0.6 is 11.3 Å². The number of aromatic nitrogens is 1. The molecule has 2 heterocycles. The van der Waals surface area contributed by atoms with Crippen LogP contribution in [0.4, 0.5) is 0 Å². The Morgan fingerprint density at radius 3 is 2.67 bits per heavy atom. The quantitative estimate of drug-likeness (QED) is 0.811. The van der Waals surface area contributed by atoms with Crippen molar-refractivity contribution in [3.63, 3.8) is 0 Å². The normalized spacial score (nSPS) is 17.0. The van der Waals surface area contributed by atoms with Crippen molar-refractivity contribution in [3.8, 4) is 5.75 Å². The molecule has 1 aliphatic carbocycles. The Morgan fingerprint density at radius 2 is 1.96 bits per heavy atom. The summed E-state index contributed by atoms with van der Waals surface area (Å²) in [5, 5.41) is 0.540. The van der Waals surface area contributed by atoms with E-state index in [1.54, 1.807) is 16.9 Å². The lowest BCUT2D eigenvalue weighted by atomic mass is 10.0. The SMILES string of the molecule is COc1ccc(CN2CCN(C(=O)c3nc4c(s3)CCCC4)CC2=O)cc1. The highest BCUT2D eigenvalue weighted by molar-refractivity contribution is 7.13. The van der Waals surface area contributed by atoms with E-state index >= 15 is 0 Å². The fourth-order valence-electron chi connectivity index (χ4n) is 3.58. The lowest BCUT2D eigenvalue weighted by Crippen LogP contribution is -2.51. The maximum atomic E-state index is 12.8. The van der Waals surface area contributed by atoms with E-state index < -0.39 is 0 Å². The molecule has 1 saturated heterocycles. The molecule has 2 aliphatic rings. The minimum Gasteiger partial charge on any atom is -0.497 e. The number of rotatable bonds is 4. The van der Waals surface area contributed by atoms with E-state index in [2.05, 4.69) is 4.98 Å². The van der Waals surface area contributed by atoms with E-state index in [0.717, 1.165) is 36.3 Å². The average molecular weight is 385 g/mol. The first-order valence-electron chi connectivity index (χ1n) is 9.32. The number of hydrogen-bond donors (Lipinski definition) is 0. The van der Waals surface area contributed by atoms with E-state index in [9.17, 15) is 9.59 Å². The maximum absolute atomic E-state index is 12.8. The number of methoxy groups -OCH3 is 1. The van der Waals surface area contributed by atoms with Gasteiger partial charge in [0, 0.05) is 24.5 Å². The summed E-state index contributed by atoms with van der Waals surface area (Å²) in [5.41, 5.74) is 2.13. The highest BCUT2D eigenvalue weighted by atomic mass is 32.1. The topological polar surface area (TPSA) is 62.7 Å². The molecule has 4 rings (SSSR count). The highest BCUT2D eigenvalue weighted by Gasteiger charge is 2.30. The van der Waals surface area contributed by atoms with Crippen molar-refractivity contribution in [2.75, 3.05) is 26.7 Å². The summed E-state index contributed by atoms with van der Waals surface area (Å²) in [4.78, 5) is 34.6. The Labute approximate surface area is 162 Å². The maximum Gasteiger partial charge on any atom is 0.283 e. The number of nitrogens with zero attached hydrogens (tertiary/aromatic N) is 3. The van der Waals surface area contributed by atoms with Crippen molar-refractivity contribution in [1.29, 1.82) is 0 Å². The molecule has 142 valence electrons. The molecule has 1 fully saturated rings. The second kappa shape index (κ2) is 7.68. The van der Waals surface area contributed by atoms with Gasteiger partial charge in [0.2, 0.25) is 5.91 Å². The first-order valence-corrected chi connectivity index (χ1v) is 10.1. The summed E-state index contributed by atoms with van der Waals surface area (Å²) in [5.74, 6) is 0.672. The number of fused-ring (bicyclic) bond motifs is 1. The standard InChI is InChI=1S/C20H23N3O3S/c1-26-15-8-6-14(7-9-15)12-22-10-11-23(13-18(22)24)20(25)19-21-16-4-2-3-5-17(16)27-19/h6-9H,2-5,10-13H2,1H3. The van der Waals surface area contributed by atoms with Gasteiger partial charge >= 0.3 is 0 Å². The minimum absolute atomic E-state index is 0.0215. The second-order valence-corrected chi connectivity index (χ2v) is 8.07. The summed E-state index contributed by atoms with van der Waals surface area (Å²) in [6.07, 6.45) is 4.31. The Morgan fingerprint density at radius 1 is 1.19 bits per heavy atom. The Bertz CT molecular complexity index is 823. The van der Waals surface area contributed by atoms with E-state index in [-0.39, 0.29) is 18.4 Å². The van der Waals surface area contributed by atoms with Crippen LogP contribution in [0, 0.1) is 0 Å². The first kappa shape index (κ1) is 18.0. The van der Waals surface area contributed by atoms with Crippen LogP contribution in [0.2, 0.25) is 0 Å². The molecule has 0 atom stereocenters. The molecule has 0 bridgehead atoms. The molecule has 2 aromatic rings. The van der Waals surface area contributed by atoms with Crippen LogP contribution in [0.15, 0.2) is 24.3 Å². The van der Waals surface area contributed by atoms with Crippen molar-refractivity contribution >= 4 is 23.2 Å². The van der Waals surface area contributed by atoms with Crippen molar-refractivity contribution in [2.45, 2.75) is 32.2 Å². The predicted molar refractivity (Wildman–Crippen MR) is 103 cm³/mol. The largest absolute Gasteiger partial charge is 0.497 e. The molecule has 0 radical (unpaired) electrons. The summed E-state index contributed by atoms with van der Waals surface area (Å²) in [7, 11) is 1.63. The number of benzene rings is 1. The van der Waals surface area contributed by atoms with Crippen molar-refractivity contribution in [3.05, 3.63) is 45.4 Å². The third-order valence-corrected chi connectivity index (χ3v) is 6.31. The molecule has 1 aromatic heterocycles. The smallest absolute Gasteiger partial charge is 0.283 e. The molecule has 0 spiro atoms. The van der Waals surface area contributed by atoms with E-state index in [0.29, 0.717) is 24.6 Å². The Kier molecular flexibility index (Phi) is 5.11. The molecule has 7 heteroatoms. The monoisotopic (exact) mass is 385 g/mol. The lowest BCUT2D eigenvalue weighted by molar-refractivity contribution is -0.135. The number of amides is 2. The van der Waals surface area contributed by atoms with Crippen molar-refractivity contribution < 1.29 is 14.3 Å². The molecule has 0 unspecified atom stereocenters. The third kappa shape index (κ3) is 3.83. The predicted octanol–water partition coefficient (Wildman–Crippen LogP) is 2.52. The number of aryl methyl sites for hydroxylation is 2. The van der Waals surface area contributed by atoms with Crippen LogP contribution in [0.5, 0.6) is 5.75 Å². The van der Waals surface area contributed by atoms with Gasteiger partial charge in [0.15, 0.2) is 5.01 Å². The molecule has 0 N–H and O–H groups in total. The van der Waals surface area contributed by atoms with Crippen molar-refractivity contribution in [2.24, 2.45) is 0 Å². The van der Waals surface area contributed by atoms with Crippen LogP contribution in [-0.2, 0) is 24.2 Å². The van der Waals surface area contributed by atoms with Gasteiger partial charge in [-0.1, -0.05) is 12.1 Å². The summed E-state index contributed by atoms with van der Waals surface area (Å²) >= 11 is 1.51. The highest BCUT2D eigenvalue weighted by Crippen LogP contribution is 2.27. The van der Waals surface area contributed by atoms with Gasteiger partial charge in [-0.3, -0.25) is 9.59 Å². The van der Waals surface area contributed by atoms with Crippen molar-refractivity contribution in [1.82, 2.24) is 14.8 Å². The van der Waals surface area contributed by atoms with Gasteiger partial charge < -0.3 is 14.5 Å². The molecule has 0 saturated carbocycles. The van der Waals surface area contributed by atoms with Crippen LogP contribution in [0.25, 0.3) is 0 Å². The van der Waals surface area contributed by atoms with Gasteiger partial charge in [-0.05, 0) is 43.4 Å². The van der Waals surface area contributed by atoms with Gasteiger partial charge in [-0.2, -0.15) is 0 Å².